The lowest BCUT2D eigenvalue weighted by Gasteiger charge is -2.14. The van der Waals surface area contributed by atoms with Gasteiger partial charge in [-0.05, 0) is 66.1 Å². The van der Waals surface area contributed by atoms with E-state index in [9.17, 15) is 9.59 Å². The number of carbonyl (C=O) groups is 2. The number of amides is 1. The van der Waals surface area contributed by atoms with Crippen LogP contribution in [0.15, 0.2) is 60.7 Å². The topological polar surface area (TPSA) is 92.3 Å². The lowest BCUT2D eigenvalue weighted by Crippen LogP contribution is -2.12. The van der Waals surface area contributed by atoms with Crippen LogP contribution in [-0.4, -0.2) is 40.3 Å². The van der Waals surface area contributed by atoms with Crippen molar-refractivity contribution in [2.24, 2.45) is 0 Å². The van der Waals surface area contributed by atoms with E-state index in [4.69, 9.17) is 23.7 Å². The van der Waals surface area contributed by atoms with Crippen molar-refractivity contribution in [2.75, 3.05) is 33.8 Å². The second-order valence-corrected chi connectivity index (χ2v) is 7.57. The van der Waals surface area contributed by atoms with E-state index in [0.717, 1.165) is 11.1 Å². The number of rotatable bonds is 11. The smallest absolute Gasteiger partial charge is 0.306 e. The van der Waals surface area contributed by atoms with E-state index in [-0.39, 0.29) is 24.9 Å². The highest BCUT2D eigenvalue weighted by molar-refractivity contribution is 6.04. The van der Waals surface area contributed by atoms with E-state index in [2.05, 4.69) is 5.32 Å². The zero-order chi connectivity index (χ0) is 25.2. The minimum Gasteiger partial charge on any atom is -0.497 e. The van der Waals surface area contributed by atoms with Crippen molar-refractivity contribution in [3.05, 3.63) is 77.4 Å². The predicted octanol–water partition coefficient (Wildman–Crippen LogP) is 4.65. The second-order valence-electron chi connectivity index (χ2n) is 7.57. The van der Waals surface area contributed by atoms with Crippen LogP contribution >= 0.6 is 0 Å². The summed E-state index contributed by atoms with van der Waals surface area (Å²) in [6.45, 7) is 0.120. The van der Waals surface area contributed by atoms with Gasteiger partial charge in [-0.25, -0.2) is 0 Å². The van der Waals surface area contributed by atoms with Crippen molar-refractivity contribution < 1.29 is 33.3 Å². The summed E-state index contributed by atoms with van der Waals surface area (Å²) in [6, 6.07) is 17.6. The summed E-state index contributed by atoms with van der Waals surface area (Å²) in [7, 11) is 6.21. The maximum Gasteiger partial charge on any atom is 0.306 e. The molecule has 0 saturated carbocycles. The molecule has 3 aromatic carbocycles. The lowest BCUT2D eigenvalue weighted by atomic mass is 10.1. The Bertz CT molecular complexity index is 1120. The van der Waals surface area contributed by atoms with Crippen LogP contribution in [0.3, 0.4) is 0 Å². The van der Waals surface area contributed by atoms with Crippen LogP contribution in [0.1, 0.15) is 27.9 Å². The average molecular weight is 480 g/mol. The van der Waals surface area contributed by atoms with Gasteiger partial charge in [-0.3, -0.25) is 9.59 Å². The molecule has 0 atom stereocenters. The molecule has 0 bridgehead atoms. The third-order valence-corrected chi connectivity index (χ3v) is 5.31. The third-order valence-electron chi connectivity index (χ3n) is 5.31. The molecular weight excluding hydrogens is 450 g/mol. The number of esters is 1. The van der Waals surface area contributed by atoms with Crippen LogP contribution in [0.4, 0.5) is 5.69 Å². The number of ether oxygens (including phenoxy) is 5. The van der Waals surface area contributed by atoms with E-state index in [0.29, 0.717) is 40.7 Å². The highest BCUT2D eigenvalue weighted by Gasteiger charge is 2.14. The highest BCUT2D eigenvalue weighted by Crippen LogP contribution is 2.38. The first-order valence-electron chi connectivity index (χ1n) is 11.0. The normalized spacial score (nSPS) is 10.3. The summed E-state index contributed by atoms with van der Waals surface area (Å²) in [5.74, 6) is 1.72. The summed E-state index contributed by atoms with van der Waals surface area (Å²) < 4.78 is 26.5. The van der Waals surface area contributed by atoms with Gasteiger partial charge in [0.15, 0.2) is 11.5 Å². The molecule has 3 aromatic rings. The van der Waals surface area contributed by atoms with Gasteiger partial charge in [0.1, 0.15) is 12.4 Å². The number of hydrogen-bond donors (Lipinski definition) is 1. The van der Waals surface area contributed by atoms with Gasteiger partial charge in [-0.1, -0.05) is 12.1 Å². The van der Waals surface area contributed by atoms with E-state index < -0.39 is 0 Å². The maximum absolute atomic E-state index is 12.4. The fourth-order valence-electron chi connectivity index (χ4n) is 3.39. The van der Waals surface area contributed by atoms with Crippen LogP contribution in [-0.2, 0) is 22.6 Å². The molecule has 1 N–H and O–H groups in total. The summed E-state index contributed by atoms with van der Waals surface area (Å²) in [4.78, 5) is 24.7. The molecule has 0 aliphatic carbocycles. The third kappa shape index (κ3) is 6.89. The van der Waals surface area contributed by atoms with Crippen molar-refractivity contribution in [3.8, 4) is 23.0 Å². The number of methoxy groups -OCH3 is 4. The Hall–Kier alpha value is -4.20. The summed E-state index contributed by atoms with van der Waals surface area (Å²) >= 11 is 0. The molecule has 1 amide bonds. The standard InChI is InChI=1S/C27H29NO7/c1-31-22-12-10-21(11-13-22)28-27(30)20-8-5-18(6-9-20)17-35-25(29)14-7-19-15-23(32-2)26(34-4)24(16-19)33-3/h5-6,8-13,15-16H,7,14,17H2,1-4H3,(H,28,30). The quantitative estimate of drug-likeness (QED) is 0.400. The monoisotopic (exact) mass is 479 g/mol. The van der Waals surface area contributed by atoms with Gasteiger partial charge >= 0.3 is 5.97 Å². The molecule has 0 unspecified atom stereocenters. The van der Waals surface area contributed by atoms with Gasteiger partial charge in [0.2, 0.25) is 5.75 Å². The predicted molar refractivity (Wildman–Crippen MR) is 132 cm³/mol. The fourth-order valence-corrected chi connectivity index (χ4v) is 3.39. The average Bonchev–Trinajstić information content (AvgIpc) is 2.90. The molecule has 35 heavy (non-hydrogen) atoms. The first kappa shape index (κ1) is 25.4. The van der Waals surface area contributed by atoms with Crippen molar-refractivity contribution in [1.29, 1.82) is 0 Å². The molecule has 184 valence electrons. The maximum atomic E-state index is 12.4. The molecule has 0 fully saturated rings. The highest BCUT2D eigenvalue weighted by atomic mass is 16.5. The van der Waals surface area contributed by atoms with E-state index in [1.807, 2.05) is 12.1 Å². The Morgan fingerprint density at radius 1 is 0.743 bits per heavy atom. The van der Waals surface area contributed by atoms with Gasteiger partial charge in [-0.15, -0.1) is 0 Å². The molecule has 0 heterocycles. The lowest BCUT2D eigenvalue weighted by molar-refractivity contribution is -0.144. The number of carbonyl (C=O) groups excluding carboxylic acids is 2. The minimum absolute atomic E-state index is 0.120. The second kappa shape index (κ2) is 12.3. The number of hydrogen-bond acceptors (Lipinski definition) is 7. The largest absolute Gasteiger partial charge is 0.497 e. The molecule has 0 aromatic heterocycles. The molecule has 0 radical (unpaired) electrons. The molecule has 0 aliphatic heterocycles. The minimum atomic E-state index is -0.333. The molecule has 8 heteroatoms. The van der Waals surface area contributed by atoms with Crippen molar-refractivity contribution >= 4 is 17.6 Å². The van der Waals surface area contributed by atoms with Gasteiger partial charge in [0.05, 0.1) is 28.4 Å². The molecule has 0 aliphatic rings. The summed E-state index contributed by atoms with van der Waals surface area (Å²) in [5.41, 5.74) is 2.81. The Kier molecular flexibility index (Phi) is 8.95. The first-order chi connectivity index (χ1) is 17.0. The number of nitrogens with one attached hydrogen (secondary N) is 1. The molecule has 3 rings (SSSR count). The van der Waals surface area contributed by atoms with Crippen molar-refractivity contribution in [3.63, 3.8) is 0 Å². The first-order valence-corrected chi connectivity index (χ1v) is 11.0. The molecular formula is C27H29NO7. The van der Waals surface area contributed by atoms with Crippen molar-refractivity contribution in [1.82, 2.24) is 0 Å². The number of anilines is 1. The summed E-state index contributed by atoms with van der Waals surface area (Å²) in [6.07, 6.45) is 0.654. The van der Waals surface area contributed by atoms with Gasteiger partial charge in [0, 0.05) is 17.7 Å². The summed E-state index contributed by atoms with van der Waals surface area (Å²) in [5, 5.41) is 2.83. The Morgan fingerprint density at radius 3 is 1.91 bits per heavy atom. The SMILES string of the molecule is COc1ccc(NC(=O)c2ccc(COC(=O)CCc3cc(OC)c(OC)c(OC)c3)cc2)cc1. The van der Waals surface area contributed by atoms with E-state index in [1.54, 1.807) is 69.9 Å². The fraction of sp³-hybridized carbons (Fsp3) is 0.259. The Morgan fingerprint density at radius 2 is 1.37 bits per heavy atom. The number of aryl methyl sites for hydroxylation is 1. The van der Waals surface area contributed by atoms with Gasteiger partial charge < -0.3 is 29.0 Å². The van der Waals surface area contributed by atoms with Gasteiger partial charge in [-0.2, -0.15) is 0 Å². The van der Waals surface area contributed by atoms with Crippen LogP contribution in [0.25, 0.3) is 0 Å². The van der Waals surface area contributed by atoms with Crippen LogP contribution in [0.2, 0.25) is 0 Å². The Balaban J connectivity index is 1.50. The molecule has 8 nitrogen and oxygen atoms in total. The zero-order valence-corrected chi connectivity index (χ0v) is 20.3. The van der Waals surface area contributed by atoms with Crippen LogP contribution < -0.4 is 24.3 Å². The molecule has 0 saturated heterocycles. The molecule has 0 spiro atoms. The van der Waals surface area contributed by atoms with Crippen LogP contribution in [0, 0.1) is 0 Å². The number of benzene rings is 3. The van der Waals surface area contributed by atoms with Crippen LogP contribution in [0.5, 0.6) is 23.0 Å². The Labute approximate surface area is 204 Å². The van der Waals surface area contributed by atoms with E-state index in [1.165, 1.54) is 7.11 Å². The van der Waals surface area contributed by atoms with Gasteiger partial charge in [0.25, 0.3) is 5.91 Å². The van der Waals surface area contributed by atoms with Crippen molar-refractivity contribution in [2.45, 2.75) is 19.4 Å². The zero-order valence-electron chi connectivity index (χ0n) is 20.3. The van der Waals surface area contributed by atoms with E-state index >= 15 is 0 Å².